The van der Waals surface area contributed by atoms with Crippen molar-refractivity contribution < 1.29 is 17.6 Å². The Balaban J connectivity index is 1.76. The molecule has 1 saturated carbocycles. The molecule has 1 aliphatic rings. The van der Waals surface area contributed by atoms with Gasteiger partial charge in [-0.2, -0.15) is 5.26 Å². The molecule has 128 valence electrons. The molecular weight excluding hydrogens is 347 g/mol. The highest BCUT2D eigenvalue weighted by atomic mass is 32.2. The molecule has 1 aliphatic carbocycles. The summed E-state index contributed by atoms with van der Waals surface area (Å²) in [6.07, 6.45) is 2.54. The van der Waals surface area contributed by atoms with Gasteiger partial charge in [0, 0.05) is 17.4 Å². The number of amides is 1. The van der Waals surface area contributed by atoms with Crippen LogP contribution in [0.15, 0.2) is 36.5 Å². The van der Waals surface area contributed by atoms with E-state index >= 15 is 0 Å². The highest BCUT2D eigenvalue weighted by molar-refractivity contribution is 7.93. The van der Waals surface area contributed by atoms with Crippen LogP contribution < -0.4 is 10.0 Å². The van der Waals surface area contributed by atoms with Crippen molar-refractivity contribution in [1.82, 2.24) is 4.98 Å². The summed E-state index contributed by atoms with van der Waals surface area (Å²) in [5, 5.41) is 10.9. The molecule has 0 aliphatic heterocycles. The molecule has 0 bridgehead atoms. The number of hydrogen-bond donors (Lipinski definition) is 2. The van der Waals surface area contributed by atoms with E-state index in [9.17, 15) is 17.6 Å². The van der Waals surface area contributed by atoms with Gasteiger partial charge in [-0.05, 0) is 43.2 Å². The van der Waals surface area contributed by atoms with Crippen LogP contribution in [0.5, 0.6) is 0 Å². The molecule has 0 spiro atoms. The van der Waals surface area contributed by atoms with Crippen molar-refractivity contribution in [3.8, 4) is 6.07 Å². The average molecular weight is 360 g/mol. The van der Waals surface area contributed by atoms with Gasteiger partial charge in [0.05, 0.1) is 10.8 Å². The summed E-state index contributed by atoms with van der Waals surface area (Å²) in [5.74, 6) is -1.16. The third kappa shape index (κ3) is 3.92. The van der Waals surface area contributed by atoms with Crippen LogP contribution in [0.3, 0.4) is 0 Å². The first-order valence-electron chi connectivity index (χ1n) is 7.38. The minimum absolute atomic E-state index is 0.0522. The minimum atomic E-state index is -3.48. The number of rotatable bonds is 5. The standard InChI is InChI=1S/C16H13FN4O3S/c17-14-4-1-12(7-11(14)9-18)20-16(22)10-5-6-19-15(8-10)21-25(23,24)13-2-3-13/h1,4-8,13H,2-3H2,(H,19,21)(H,20,22). The largest absolute Gasteiger partial charge is 0.322 e. The lowest BCUT2D eigenvalue weighted by Gasteiger charge is -2.09. The van der Waals surface area contributed by atoms with E-state index in [1.807, 2.05) is 0 Å². The number of sulfonamides is 1. The number of hydrogen-bond acceptors (Lipinski definition) is 5. The van der Waals surface area contributed by atoms with E-state index in [0.717, 1.165) is 6.07 Å². The summed E-state index contributed by atoms with van der Waals surface area (Å²) in [6, 6.07) is 8.03. The maximum atomic E-state index is 13.3. The number of aromatic nitrogens is 1. The van der Waals surface area contributed by atoms with Crippen LogP contribution in [0, 0.1) is 17.1 Å². The molecule has 25 heavy (non-hydrogen) atoms. The zero-order chi connectivity index (χ0) is 18.0. The zero-order valence-corrected chi connectivity index (χ0v) is 13.7. The highest BCUT2D eigenvalue weighted by Gasteiger charge is 2.36. The first kappa shape index (κ1) is 16.9. The van der Waals surface area contributed by atoms with Gasteiger partial charge < -0.3 is 5.32 Å². The fourth-order valence-electron chi connectivity index (χ4n) is 2.13. The quantitative estimate of drug-likeness (QED) is 0.849. The number of anilines is 2. The third-order valence-electron chi connectivity index (χ3n) is 3.58. The van der Waals surface area contributed by atoms with Gasteiger partial charge in [0.2, 0.25) is 10.0 Å². The second-order valence-corrected chi connectivity index (χ2v) is 7.50. The number of carbonyl (C=O) groups is 1. The zero-order valence-electron chi connectivity index (χ0n) is 12.9. The normalized spacial score (nSPS) is 13.8. The van der Waals surface area contributed by atoms with E-state index in [1.165, 1.54) is 30.5 Å². The van der Waals surface area contributed by atoms with Crippen LogP contribution in [-0.4, -0.2) is 24.6 Å². The number of pyridine rings is 1. The van der Waals surface area contributed by atoms with Crippen LogP contribution >= 0.6 is 0 Å². The lowest BCUT2D eigenvalue weighted by Crippen LogP contribution is -2.19. The summed E-state index contributed by atoms with van der Waals surface area (Å²) in [4.78, 5) is 16.2. The van der Waals surface area contributed by atoms with Gasteiger partial charge in [0.1, 0.15) is 17.7 Å². The molecule has 1 heterocycles. The Labute approximate surface area is 143 Å². The summed E-state index contributed by atoms with van der Waals surface area (Å²) in [5.41, 5.74) is 0.233. The SMILES string of the molecule is N#Cc1cc(NC(=O)c2ccnc(NS(=O)(=O)C3CC3)c2)ccc1F. The van der Waals surface area contributed by atoms with Crippen LogP contribution in [0.25, 0.3) is 0 Å². The van der Waals surface area contributed by atoms with Crippen molar-refractivity contribution >= 4 is 27.4 Å². The van der Waals surface area contributed by atoms with Gasteiger partial charge >= 0.3 is 0 Å². The minimum Gasteiger partial charge on any atom is -0.322 e. The molecule has 7 nitrogen and oxygen atoms in total. The van der Waals surface area contributed by atoms with Gasteiger partial charge in [-0.15, -0.1) is 0 Å². The molecule has 1 amide bonds. The van der Waals surface area contributed by atoms with E-state index in [1.54, 1.807) is 6.07 Å². The Morgan fingerprint density at radius 3 is 2.72 bits per heavy atom. The van der Waals surface area contributed by atoms with Gasteiger partial charge in [-0.25, -0.2) is 17.8 Å². The van der Waals surface area contributed by atoms with Gasteiger partial charge in [0.15, 0.2) is 0 Å². The predicted molar refractivity (Wildman–Crippen MR) is 88.9 cm³/mol. The van der Waals surface area contributed by atoms with E-state index in [-0.39, 0.29) is 22.6 Å². The van der Waals surface area contributed by atoms with E-state index in [2.05, 4.69) is 15.0 Å². The summed E-state index contributed by atoms with van der Waals surface area (Å²) in [7, 11) is -3.48. The molecular formula is C16H13FN4O3S. The van der Waals surface area contributed by atoms with E-state index in [4.69, 9.17) is 5.26 Å². The molecule has 0 unspecified atom stereocenters. The second-order valence-electron chi connectivity index (χ2n) is 5.54. The Kier molecular flexibility index (Phi) is 4.37. The number of nitrogens with zero attached hydrogens (tertiary/aromatic N) is 2. The molecule has 0 saturated heterocycles. The predicted octanol–water partition coefficient (Wildman–Crippen LogP) is 2.25. The fraction of sp³-hybridized carbons (Fsp3) is 0.188. The smallest absolute Gasteiger partial charge is 0.255 e. The number of carbonyl (C=O) groups excluding carboxylic acids is 1. The summed E-state index contributed by atoms with van der Waals surface area (Å²) >= 11 is 0. The topological polar surface area (TPSA) is 112 Å². The molecule has 1 aromatic heterocycles. The number of nitriles is 1. The van der Waals surface area contributed by atoms with Crippen molar-refractivity contribution in [2.45, 2.75) is 18.1 Å². The number of benzene rings is 1. The Morgan fingerprint density at radius 2 is 2.04 bits per heavy atom. The van der Waals surface area contributed by atoms with Gasteiger partial charge in [-0.3, -0.25) is 9.52 Å². The lowest BCUT2D eigenvalue weighted by molar-refractivity contribution is 0.102. The molecule has 2 N–H and O–H groups in total. The van der Waals surface area contributed by atoms with Crippen LogP contribution in [0.4, 0.5) is 15.9 Å². The Morgan fingerprint density at radius 1 is 1.28 bits per heavy atom. The molecule has 9 heteroatoms. The third-order valence-corrected chi connectivity index (χ3v) is 5.42. The Bertz CT molecular complexity index is 981. The van der Waals surface area contributed by atoms with Crippen LogP contribution in [0.1, 0.15) is 28.8 Å². The van der Waals surface area contributed by atoms with Crippen molar-refractivity contribution in [3.05, 3.63) is 53.5 Å². The van der Waals surface area contributed by atoms with Crippen molar-refractivity contribution in [1.29, 1.82) is 5.26 Å². The van der Waals surface area contributed by atoms with Crippen molar-refractivity contribution in [2.24, 2.45) is 0 Å². The van der Waals surface area contributed by atoms with Gasteiger partial charge in [-0.1, -0.05) is 0 Å². The van der Waals surface area contributed by atoms with Crippen molar-refractivity contribution in [3.63, 3.8) is 0 Å². The van der Waals surface area contributed by atoms with Crippen LogP contribution in [0.2, 0.25) is 0 Å². The first-order chi connectivity index (χ1) is 11.9. The Hall–Kier alpha value is -2.99. The molecule has 1 aromatic carbocycles. The van der Waals surface area contributed by atoms with Gasteiger partial charge in [0.25, 0.3) is 5.91 Å². The number of halogens is 1. The fourth-order valence-corrected chi connectivity index (χ4v) is 3.45. The molecule has 0 radical (unpaired) electrons. The monoisotopic (exact) mass is 360 g/mol. The maximum absolute atomic E-state index is 13.3. The van der Waals surface area contributed by atoms with Crippen LogP contribution in [-0.2, 0) is 10.0 Å². The van der Waals surface area contributed by atoms with E-state index < -0.39 is 27.0 Å². The average Bonchev–Trinajstić information content (AvgIpc) is 3.42. The van der Waals surface area contributed by atoms with E-state index in [0.29, 0.717) is 12.8 Å². The molecule has 1 fully saturated rings. The maximum Gasteiger partial charge on any atom is 0.255 e. The summed E-state index contributed by atoms with van der Waals surface area (Å²) < 4.78 is 39.5. The first-order valence-corrected chi connectivity index (χ1v) is 8.92. The summed E-state index contributed by atoms with van der Waals surface area (Å²) in [6.45, 7) is 0. The highest BCUT2D eigenvalue weighted by Crippen LogP contribution is 2.29. The molecule has 0 atom stereocenters. The number of nitrogens with one attached hydrogen (secondary N) is 2. The lowest BCUT2D eigenvalue weighted by atomic mass is 10.2. The second kappa shape index (κ2) is 6.49. The molecule has 3 rings (SSSR count). The molecule has 2 aromatic rings. The van der Waals surface area contributed by atoms with Crippen molar-refractivity contribution in [2.75, 3.05) is 10.0 Å².